The molecule has 0 bridgehead atoms. The van der Waals surface area contributed by atoms with Crippen LogP contribution in [-0.2, 0) is 15.6 Å². The van der Waals surface area contributed by atoms with Crippen molar-refractivity contribution in [3.05, 3.63) is 76.4 Å². The van der Waals surface area contributed by atoms with E-state index in [1.54, 1.807) is 0 Å². The van der Waals surface area contributed by atoms with E-state index in [1.807, 2.05) is 31.2 Å². The topological polar surface area (TPSA) is 26.3 Å². The first-order chi connectivity index (χ1) is 15.7. The largest absolute Gasteiger partial charge is 0.462 e. The van der Waals surface area contributed by atoms with Crippen LogP contribution >= 0.6 is 0 Å². The quantitative estimate of drug-likeness (QED) is 0.285. The van der Waals surface area contributed by atoms with Gasteiger partial charge in [0.05, 0.1) is 12.2 Å². The molecule has 0 N–H and O–H groups in total. The maximum Gasteiger partial charge on any atom is 0.338 e. The van der Waals surface area contributed by atoms with Gasteiger partial charge in [-0.2, -0.15) is 0 Å². The lowest BCUT2D eigenvalue weighted by atomic mass is 9.62. The van der Waals surface area contributed by atoms with E-state index in [2.05, 4.69) is 65.0 Å². The van der Waals surface area contributed by atoms with Gasteiger partial charge < -0.3 is 4.74 Å². The normalized spacial score (nSPS) is 17.5. The molecular weight excluding hydrogens is 404 g/mol. The lowest BCUT2D eigenvalue weighted by molar-refractivity contribution is 0.0526. The second-order valence-electron chi connectivity index (χ2n) is 10.9. The number of hydrogen-bond donors (Lipinski definition) is 0. The minimum atomic E-state index is -0.259. The molecule has 2 aromatic rings. The molecule has 33 heavy (non-hydrogen) atoms. The summed E-state index contributed by atoms with van der Waals surface area (Å²) in [5.74, 6) is 0.137. The highest BCUT2D eigenvalue weighted by molar-refractivity contribution is 5.89. The zero-order valence-corrected chi connectivity index (χ0v) is 21.5. The number of unbranched alkanes of at least 4 members (excludes halogenated alkanes) is 2. The van der Waals surface area contributed by atoms with Crippen LogP contribution in [0.4, 0.5) is 0 Å². The van der Waals surface area contributed by atoms with E-state index < -0.39 is 0 Å². The molecule has 2 aromatic carbocycles. The smallest absolute Gasteiger partial charge is 0.338 e. The summed E-state index contributed by atoms with van der Waals surface area (Å²) < 4.78 is 5.10. The van der Waals surface area contributed by atoms with Gasteiger partial charge in [0.15, 0.2) is 0 Å². The summed E-state index contributed by atoms with van der Waals surface area (Å²) in [6.45, 7) is 14.1. The first-order valence-corrected chi connectivity index (χ1v) is 12.8. The number of carbonyl (C=O) groups is 1. The first-order valence-electron chi connectivity index (χ1n) is 12.8. The Labute approximate surface area is 201 Å². The van der Waals surface area contributed by atoms with Gasteiger partial charge in [-0.1, -0.05) is 96.4 Å². The molecular formula is C31H42O2. The highest BCUT2D eigenvalue weighted by Gasteiger charge is 2.37. The number of carbonyl (C=O) groups excluding carboxylic acids is 1. The Morgan fingerprint density at radius 3 is 2.24 bits per heavy atom. The number of hydrogen-bond acceptors (Lipinski definition) is 2. The number of benzene rings is 2. The second-order valence-corrected chi connectivity index (χ2v) is 10.9. The van der Waals surface area contributed by atoms with Gasteiger partial charge in [-0.15, -0.1) is 0 Å². The average molecular weight is 447 g/mol. The van der Waals surface area contributed by atoms with Crippen LogP contribution in [0.25, 0.3) is 6.08 Å². The highest BCUT2D eigenvalue weighted by atomic mass is 16.5. The Bertz CT molecular complexity index is 963. The molecule has 1 aliphatic carbocycles. The van der Waals surface area contributed by atoms with Crippen LogP contribution in [0.2, 0.25) is 0 Å². The Balaban J connectivity index is 1.88. The third kappa shape index (κ3) is 6.16. The van der Waals surface area contributed by atoms with Gasteiger partial charge in [0.1, 0.15) is 0 Å². The summed E-state index contributed by atoms with van der Waals surface area (Å²) in [4.78, 5) is 11.9. The molecule has 1 unspecified atom stereocenters. The number of ether oxygens (including phenoxy) is 1. The molecule has 2 nitrogen and oxygen atoms in total. The fraction of sp³-hybridized carbons (Fsp3) is 0.516. The molecule has 0 aliphatic heterocycles. The van der Waals surface area contributed by atoms with Gasteiger partial charge in [-0.3, -0.25) is 0 Å². The maximum absolute atomic E-state index is 11.9. The molecule has 0 saturated heterocycles. The van der Waals surface area contributed by atoms with Gasteiger partial charge in [0.2, 0.25) is 0 Å². The lowest BCUT2D eigenvalue weighted by Gasteiger charge is -2.42. The number of fused-ring (bicyclic) bond motifs is 1. The van der Waals surface area contributed by atoms with E-state index >= 15 is 0 Å². The standard InChI is InChI=1S/C31H42O2/c1-7-9-10-11-24(15-12-23-13-16-25(17-14-23)29(32)33-8-2)26-18-19-27-28(22-26)31(5,6)21-20-30(27,3)4/h12-19,22,24H,7-11,20-21H2,1-6H3. The van der Waals surface area contributed by atoms with Crippen molar-refractivity contribution in [3.63, 3.8) is 0 Å². The molecule has 1 atom stereocenters. The van der Waals surface area contributed by atoms with Crippen molar-refractivity contribution in [2.45, 2.75) is 96.8 Å². The summed E-state index contributed by atoms with van der Waals surface area (Å²) in [6.07, 6.45) is 11.9. The van der Waals surface area contributed by atoms with Crippen LogP contribution in [-0.4, -0.2) is 12.6 Å². The van der Waals surface area contributed by atoms with Crippen molar-refractivity contribution < 1.29 is 9.53 Å². The van der Waals surface area contributed by atoms with Crippen LogP contribution in [0.3, 0.4) is 0 Å². The maximum atomic E-state index is 11.9. The van der Waals surface area contributed by atoms with Crippen molar-refractivity contribution in [2.75, 3.05) is 6.61 Å². The van der Waals surface area contributed by atoms with E-state index in [9.17, 15) is 4.79 Å². The number of rotatable bonds is 9. The van der Waals surface area contributed by atoms with Crippen molar-refractivity contribution in [2.24, 2.45) is 0 Å². The van der Waals surface area contributed by atoms with Gasteiger partial charge >= 0.3 is 5.97 Å². The van der Waals surface area contributed by atoms with E-state index in [1.165, 1.54) is 48.8 Å². The van der Waals surface area contributed by atoms with Gasteiger partial charge in [0, 0.05) is 5.92 Å². The predicted molar refractivity (Wildman–Crippen MR) is 140 cm³/mol. The fourth-order valence-electron chi connectivity index (χ4n) is 5.00. The van der Waals surface area contributed by atoms with E-state index in [0.717, 1.165) is 12.0 Å². The first kappa shape index (κ1) is 25.3. The van der Waals surface area contributed by atoms with Crippen molar-refractivity contribution in [1.82, 2.24) is 0 Å². The molecule has 0 aromatic heterocycles. The lowest BCUT2D eigenvalue weighted by Crippen LogP contribution is -2.34. The number of esters is 1. The van der Waals surface area contributed by atoms with Crippen molar-refractivity contribution in [1.29, 1.82) is 0 Å². The zero-order chi connectivity index (χ0) is 24.1. The van der Waals surface area contributed by atoms with Gasteiger partial charge in [-0.05, 0) is 71.4 Å². The van der Waals surface area contributed by atoms with Crippen molar-refractivity contribution >= 4 is 12.0 Å². The SMILES string of the molecule is CCCCCC(C=Cc1ccc(C(=O)OCC)cc1)c1ccc2c(c1)C(C)(C)CCC2(C)C. The molecule has 178 valence electrons. The minimum absolute atomic E-state index is 0.224. The van der Waals surface area contributed by atoms with Crippen LogP contribution in [0.15, 0.2) is 48.5 Å². The summed E-state index contributed by atoms with van der Waals surface area (Å²) in [5, 5.41) is 0. The Kier molecular flexibility index (Phi) is 8.21. The van der Waals surface area contributed by atoms with Gasteiger partial charge in [0.25, 0.3) is 0 Å². The molecule has 0 saturated carbocycles. The van der Waals surface area contributed by atoms with Gasteiger partial charge in [-0.25, -0.2) is 4.79 Å². The molecule has 1 aliphatic rings. The minimum Gasteiger partial charge on any atom is -0.462 e. The Morgan fingerprint density at radius 1 is 0.939 bits per heavy atom. The highest BCUT2D eigenvalue weighted by Crippen LogP contribution is 2.46. The second kappa shape index (κ2) is 10.7. The molecule has 0 fully saturated rings. The van der Waals surface area contributed by atoms with Crippen LogP contribution in [0, 0.1) is 0 Å². The summed E-state index contributed by atoms with van der Waals surface area (Å²) in [5.41, 5.74) is 6.67. The summed E-state index contributed by atoms with van der Waals surface area (Å²) in [6, 6.07) is 15.0. The van der Waals surface area contributed by atoms with Crippen molar-refractivity contribution in [3.8, 4) is 0 Å². The third-order valence-electron chi connectivity index (χ3n) is 7.37. The predicted octanol–water partition coefficient (Wildman–Crippen LogP) is 8.59. The molecule has 0 heterocycles. The van der Waals surface area contributed by atoms with E-state index in [4.69, 9.17) is 4.74 Å². The van der Waals surface area contributed by atoms with Crippen LogP contribution in [0.1, 0.15) is 119 Å². The van der Waals surface area contributed by atoms with E-state index in [0.29, 0.717) is 18.1 Å². The molecule has 2 heteroatoms. The fourth-order valence-corrected chi connectivity index (χ4v) is 5.00. The number of allylic oxidation sites excluding steroid dienone is 1. The average Bonchev–Trinajstić information content (AvgIpc) is 2.79. The third-order valence-corrected chi connectivity index (χ3v) is 7.37. The molecule has 0 amide bonds. The monoisotopic (exact) mass is 446 g/mol. The van der Waals surface area contributed by atoms with E-state index in [-0.39, 0.29) is 16.8 Å². The molecule has 3 rings (SSSR count). The summed E-state index contributed by atoms with van der Waals surface area (Å²) in [7, 11) is 0. The Morgan fingerprint density at radius 2 is 1.61 bits per heavy atom. The molecule has 0 spiro atoms. The van der Waals surface area contributed by atoms with Crippen LogP contribution < -0.4 is 0 Å². The Hall–Kier alpha value is -2.35. The molecule has 0 radical (unpaired) electrons. The summed E-state index contributed by atoms with van der Waals surface area (Å²) >= 11 is 0. The van der Waals surface area contributed by atoms with Crippen LogP contribution in [0.5, 0.6) is 0 Å². The zero-order valence-electron chi connectivity index (χ0n) is 21.5.